The molecule has 1 aromatic rings. The monoisotopic (exact) mass is 222 g/mol. The van der Waals surface area contributed by atoms with Crippen molar-refractivity contribution in [2.75, 3.05) is 0 Å². The van der Waals surface area contributed by atoms with Crippen molar-refractivity contribution < 1.29 is 19.7 Å². The second kappa shape index (κ2) is 4.43. The maximum Gasteiger partial charge on any atom is 0.306 e. The van der Waals surface area contributed by atoms with Gasteiger partial charge >= 0.3 is 5.97 Å². The van der Waals surface area contributed by atoms with Crippen LogP contribution in [-0.4, -0.2) is 22.3 Å². The third-order valence-electron chi connectivity index (χ3n) is 2.89. The highest BCUT2D eigenvalue weighted by atomic mass is 16.5. The molecular weight excluding hydrogens is 208 g/mol. The van der Waals surface area contributed by atoms with Crippen LogP contribution in [0.25, 0.3) is 0 Å². The summed E-state index contributed by atoms with van der Waals surface area (Å²) in [5, 5.41) is 18.4. The van der Waals surface area contributed by atoms with Gasteiger partial charge in [0.15, 0.2) is 11.5 Å². The summed E-state index contributed by atoms with van der Waals surface area (Å²) in [5.74, 6) is -0.543. The number of phenolic OH excluding ortho intramolecular Hbond substituents is 1. The first kappa shape index (κ1) is 10.8. The lowest BCUT2D eigenvalue weighted by molar-refractivity contribution is -0.141. The van der Waals surface area contributed by atoms with E-state index < -0.39 is 5.97 Å². The van der Waals surface area contributed by atoms with Gasteiger partial charge in [-0.15, -0.1) is 0 Å². The minimum atomic E-state index is -0.761. The van der Waals surface area contributed by atoms with Crippen molar-refractivity contribution in [2.45, 2.75) is 25.4 Å². The molecule has 0 bridgehead atoms. The van der Waals surface area contributed by atoms with Crippen LogP contribution in [0.1, 0.15) is 19.3 Å². The van der Waals surface area contributed by atoms with Crippen LogP contribution in [0.2, 0.25) is 0 Å². The second-order valence-electron chi connectivity index (χ2n) is 4.06. The number of ether oxygens (including phenoxy) is 1. The molecule has 0 heterocycles. The zero-order valence-electron chi connectivity index (χ0n) is 8.80. The van der Waals surface area contributed by atoms with Crippen molar-refractivity contribution in [3.05, 3.63) is 24.3 Å². The van der Waals surface area contributed by atoms with Gasteiger partial charge in [0.05, 0.1) is 12.0 Å². The van der Waals surface area contributed by atoms with Crippen LogP contribution in [0.4, 0.5) is 0 Å². The minimum Gasteiger partial charge on any atom is -0.504 e. The fraction of sp³-hybridized carbons (Fsp3) is 0.417. The highest BCUT2D eigenvalue weighted by molar-refractivity contribution is 5.70. The smallest absolute Gasteiger partial charge is 0.306 e. The van der Waals surface area contributed by atoms with E-state index in [-0.39, 0.29) is 17.8 Å². The third-order valence-corrected chi connectivity index (χ3v) is 2.89. The molecule has 1 fully saturated rings. The maximum atomic E-state index is 10.8. The highest BCUT2D eigenvalue weighted by Crippen LogP contribution is 2.32. The number of benzene rings is 1. The lowest BCUT2D eigenvalue weighted by atomic mass is 10.1. The van der Waals surface area contributed by atoms with Gasteiger partial charge in [-0.2, -0.15) is 0 Å². The standard InChI is InChI=1S/C12H14O4/c13-10-3-1-2-4-11(10)16-9-6-5-8(7-9)12(14)15/h1-4,8-9,13H,5-7H2,(H,14,15). The van der Waals surface area contributed by atoms with E-state index >= 15 is 0 Å². The van der Waals surface area contributed by atoms with Crippen LogP contribution >= 0.6 is 0 Å². The van der Waals surface area contributed by atoms with Crippen molar-refractivity contribution in [3.8, 4) is 11.5 Å². The molecular formula is C12H14O4. The lowest BCUT2D eigenvalue weighted by Gasteiger charge is -2.14. The second-order valence-corrected chi connectivity index (χ2v) is 4.06. The van der Waals surface area contributed by atoms with Gasteiger partial charge < -0.3 is 14.9 Å². The summed E-state index contributed by atoms with van der Waals surface area (Å²) < 4.78 is 5.57. The number of carboxylic acid groups (broad SMARTS) is 1. The Balaban J connectivity index is 1.97. The topological polar surface area (TPSA) is 66.8 Å². The van der Waals surface area contributed by atoms with Crippen molar-refractivity contribution in [1.29, 1.82) is 0 Å². The average Bonchev–Trinajstić information content (AvgIpc) is 2.70. The molecule has 2 atom stereocenters. The van der Waals surface area contributed by atoms with Gasteiger partial charge in [0.1, 0.15) is 0 Å². The molecule has 4 heteroatoms. The Morgan fingerprint density at radius 3 is 2.69 bits per heavy atom. The van der Waals surface area contributed by atoms with Crippen LogP contribution < -0.4 is 4.74 Å². The number of hydrogen-bond acceptors (Lipinski definition) is 3. The molecule has 0 amide bonds. The SMILES string of the molecule is O=C(O)C1CCC(Oc2ccccc2O)C1. The molecule has 16 heavy (non-hydrogen) atoms. The van der Waals surface area contributed by atoms with Gasteiger partial charge in [0, 0.05) is 0 Å². The molecule has 4 nitrogen and oxygen atoms in total. The third kappa shape index (κ3) is 2.27. The average molecular weight is 222 g/mol. The number of aromatic hydroxyl groups is 1. The molecule has 1 saturated carbocycles. The number of phenols is 1. The fourth-order valence-electron chi connectivity index (χ4n) is 2.01. The van der Waals surface area contributed by atoms with Crippen LogP contribution in [0, 0.1) is 5.92 Å². The molecule has 1 aliphatic carbocycles. The summed E-state index contributed by atoms with van der Waals surface area (Å²) in [7, 11) is 0. The van der Waals surface area contributed by atoms with E-state index in [1.807, 2.05) is 0 Å². The number of carboxylic acids is 1. The summed E-state index contributed by atoms with van der Waals surface area (Å²) in [6.45, 7) is 0. The van der Waals surface area contributed by atoms with E-state index in [9.17, 15) is 9.90 Å². The quantitative estimate of drug-likeness (QED) is 0.821. The normalized spacial score (nSPS) is 24.2. The maximum absolute atomic E-state index is 10.8. The van der Waals surface area contributed by atoms with Crippen molar-refractivity contribution in [1.82, 2.24) is 0 Å². The Labute approximate surface area is 93.5 Å². The first-order valence-electron chi connectivity index (χ1n) is 5.34. The largest absolute Gasteiger partial charge is 0.504 e. The van der Waals surface area contributed by atoms with Crippen LogP contribution in [0.5, 0.6) is 11.5 Å². The van der Waals surface area contributed by atoms with E-state index in [1.54, 1.807) is 24.3 Å². The molecule has 1 aromatic carbocycles. The molecule has 0 aliphatic heterocycles. The van der Waals surface area contributed by atoms with Gasteiger partial charge in [-0.3, -0.25) is 4.79 Å². The molecule has 2 unspecified atom stereocenters. The number of rotatable bonds is 3. The molecule has 0 saturated heterocycles. The number of para-hydroxylation sites is 2. The Morgan fingerprint density at radius 2 is 2.06 bits per heavy atom. The first-order valence-corrected chi connectivity index (χ1v) is 5.34. The number of aliphatic carboxylic acids is 1. The zero-order chi connectivity index (χ0) is 11.5. The van der Waals surface area contributed by atoms with Gasteiger partial charge in [0.2, 0.25) is 0 Å². The van der Waals surface area contributed by atoms with Crippen molar-refractivity contribution >= 4 is 5.97 Å². The Bertz CT molecular complexity index is 388. The fourth-order valence-corrected chi connectivity index (χ4v) is 2.01. The first-order chi connectivity index (χ1) is 7.66. The number of hydrogen-bond donors (Lipinski definition) is 2. The van der Waals surface area contributed by atoms with Crippen LogP contribution in [-0.2, 0) is 4.79 Å². The Kier molecular flexibility index (Phi) is 2.99. The van der Waals surface area contributed by atoms with Gasteiger partial charge in [-0.1, -0.05) is 12.1 Å². The molecule has 2 rings (SSSR count). The molecule has 2 N–H and O–H groups in total. The Hall–Kier alpha value is -1.71. The van der Waals surface area contributed by atoms with Crippen molar-refractivity contribution in [2.24, 2.45) is 5.92 Å². The van der Waals surface area contributed by atoms with Crippen LogP contribution in [0.15, 0.2) is 24.3 Å². The van der Waals surface area contributed by atoms with Crippen molar-refractivity contribution in [3.63, 3.8) is 0 Å². The highest BCUT2D eigenvalue weighted by Gasteiger charge is 2.31. The van der Waals surface area contributed by atoms with E-state index in [1.165, 1.54) is 0 Å². The lowest BCUT2D eigenvalue weighted by Crippen LogP contribution is -2.15. The summed E-state index contributed by atoms with van der Waals surface area (Å²) in [6.07, 6.45) is 1.79. The molecule has 86 valence electrons. The molecule has 1 aliphatic rings. The predicted molar refractivity (Wildman–Crippen MR) is 57.5 cm³/mol. The van der Waals surface area contributed by atoms with E-state index in [0.29, 0.717) is 18.6 Å². The van der Waals surface area contributed by atoms with E-state index in [4.69, 9.17) is 9.84 Å². The van der Waals surface area contributed by atoms with E-state index in [0.717, 1.165) is 6.42 Å². The van der Waals surface area contributed by atoms with E-state index in [2.05, 4.69) is 0 Å². The number of carbonyl (C=O) groups is 1. The summed E-state index contributed by atoms with van der Waals surface area (Å²) in [5.41, 5.74) is 0. The predicted octanol–water partition coefficient (Wildman–Crippen LogP) is 2.02. The molecule has 0 aromatic heterocycles. The van der Waals surface area contributed by atoms with Crippen LogP contribution in [0.3, 0.4) is 0 Å². The zero-order valence-corrected chi connectivity index (χ0v) is 8.80. The Morgan fingerprint density at radius 1 is 1.31 bits per heavy atom. The summed E-state index contributed by atoms with van der Waals surface area (Å²) >= 11 is 0. The summed E-state index contributed by atoms with van der Waals surface area (Å²) in [6, 6.07) is 6.73. The van der Waals surface area contributed by atoms with Gasteiger partial charge in [-0.05, 0) is 31.4 Å². The molecule has 0 radical (unpaired) electrons. The van der Waals surface area contributed by atoms with Gasteiger partial charge in [-0.25, -0.2) is 0 Å². The van der Waals surface area contributed by atoms with Gasteiger partial charge in [0.25, 0.3) is 0 Å². The molecule has 0 spiro atoms. The summed E-state index contributed by atoms with van der Waals surface area (Å²) in [4.78, 5) is 10.8. The minimum absolute atomic E-state index is 0.0984.